The van der Waals surface area contributed by atoms with Crippen molar-refractivity contribution in [1.29, 1.82) is 0 Å². The number of pyridine rings is 1. The highest BCUT2D eigenvalue weighted by Crippen LogP contribution is 2.29. The number of hydrogen-bond donors (Lipinski definition) is 1. The Balaban J connectivity index is 1.50. The molecule has 0 bridgehead atoms. The minimum atomic E-state index is 0.544. The summed E-state index contributed by atoms with van der Waals surface area (Å²) in [5.74, 6) is 0.544. The van der Waals surface area contributed by atoms with E-state index in [0.717, 1.165) is 31.0 Å². The molecule has 0 amide bonds. The Morgan fingerprint density at radius 2 is 2.38 bits per heavy atom. The summed E-state index contributed by atoms with van der Waals surface area (Å²) in [7, 11) is 0. The largest absolute Gasteiger partial charge is 0.343 e. The first-order chi connectivity index (χ1) is 11.7. The van der Waals surface area contributed by atoms with Crippen molar-refractivity contribution in [2.75, 3.05) is 13.1 Å². The average molecular weight is 321 g/mol. The molecule has 5 nitrogen and oxygen atoms in total. The average Bonchev–Trinajstić information content (AvgIpc) is 3.19. The lowest BCUT2D eigenvalue weighted by atomic mass is 9.94. The first kappa shape index (κ1) is 15.1. The summed E-state index contributed by atoms with van der Waals surface area (Å²) in [6.07, 6.45) is 8.12. The van der Waals surface area contributed by atoms with Crippen LogP contribution >= 0.6 is 0 Å². The van der Waals surface area contributed by atoms with Gasteiger partial charge in [0, 0.05) is 54.2 Å². The zero-order valence-electron chi connectivity index (χ0n) is 14.1. The molecule has 24 heavy (non-hydrogen) atoms. The molecule has 0 unspecified atom stereocenters. The molecule has 1 atom stereocenters. The van der Waals surface area contributed by atoms with Crippen molar-refractivity contribution >= 4 is 17.2 Å². The molecule has 4 heterocycles. The molecule has 1 saturated heterocycles. The van der Waals surface area contributed by atoms with Crippen LogP contribution in [-0.4, -0.2) is 37.7 Å². The van der Waals surface area contributed by atoms with Gasteiger partial charge in [-0.1, -0.05) is 6.58 Å². The summed E-state index contributed by atoms with van der Waals surface area (Å²) >= 11 is 0. The van der Waals surface area contributed by atoms with E-state index in [-0.39, 0.29) is 0 Å². The summed E-state index contributed by atoms with van der Waals surface area (Å²) < 4.78 is 1.80. The standard InChI is InChI=1S/C19H23N5/c1-3-24-13-17(14(2)22-24)12-23-9-5-7-16(11-23)18-10-15-6-4-8-20-19(15)21-18/h3-4,6,8,10,13,16H,1,5,7,9,11-12H2,2H3,(H,20,21)/t16-/m1/s1. The van der Waals surface area contributed by atoms with Gasteiger partial charge < -0.3 is 4.98 Å². The Morgan fingerprint density at radius 1 is 1.46 bits per heavy atom. The highest BCUT2D eigenvalue weighted by atomic mass is 15.3. The van der Waals surface area contributed by atoms with E-state index < -0.39 is 0 Å². The summed E-state index contributed by atoms with van der Waals surface area (Å²) in [6.45, 7) is 9.03. The molecular weight excluding hydrogens is 298 g/mol. The topological polar surface area (TPSA) is 49.7 Å². The second kappa shape index (κ2) is 6.24. The van der Waals surface area contributed by atoms with Gasteiger partial charge in [0.1, 0.15) is 5.65 Å². The Morgan fingerprint density at radius 3 is 3.17 bits per heavy atom. The number of aromatic nitrogens is 4. The van der Waals surface area contributed by atoms with Crippen LogP contribution in [0.3, 0.4) is 0 Å². The second-order valence-corrected chi connectivity index (χ2v) is 6.64. The normalized spacial score (nSPS) is 19.0. The van der Waals surface area contributed by atoms with Crippen LogP contribution in [-0.2, 0) is 6.54 Å². The number of nitrogens with zero attached hydrogens (tertiary/aromatic N) is 4. The summed E-state index contributed by atoms with van der Waals surface area (Å²) in [6, 6.07) is 6.38. The lowest BCUT2D eigenvalue weighted by molar-refractivity contribution is 0.198. The van der Waals surface area contributed by atoms with Gasteiger partial charge >= 0.3 is 0 Å². The van der Waals surface area contributed by atoms with E-state index in [0.29, 0.717) is 5.92 Å². The Kier molecular flexibility index (Phi) is 3.94. The fraction of sp³-hybridized carbons (Fsp3) is 0.368. The predicted octanol–water partition coefficient (Wildman–Crippen LogP) is 3.55. The lowest BCUT2D eigenvalue weighted by Crippen LogP contribution is -2.34. The molecule has 1 fully saturated rings. The van der Waals surface area contributed by atoms with Gasteiger partial charge in [-0.15, -0.1) is 0 Å². The quantitative estimate of drug-likeness (QED) is 0.799. The monoisotopic (exact) mass is 321 g/mol. The van der Waals surface area contributed by atoms with Crippen LogP contribution in [0.4, 0.5) is 0 Å². The molecule has 0 spiro atoms. The van der Waals surface area contributed by atoms with Crippen molar-refractivity contribution in [3.8, 4) is 0 Å². The van der Waals surface area contributed by atoms with Crippen LogP contribution in [0.25, 0.3) is 17.2 Å². The Bertz CT molecular complexity index is 827. The van der Waals surface area contributed by atoms with Crippen LogP contribution in [0.1, 0.15) is 35.7 Å². The maximum absolute atomic E-state index is 4.46. The van der Waals surface area contributed by atoms with E-state index in [1.54, 1.807) is 10.9 Å². The zero-order chi connectivity index (χ0) is 16.5. The molecule has 0 aromatic carbocycles. The first-order valence-corrected chi connectivity index (χ1v) is 8.56. The van der Waals surface area contributed by atoms with Crippen molar-refractivity contribution in [2.24, 2.45) is 0 Å². The highest BCUT2D eigenvalue weighted by Gasteiger charge is 2.23. The Labute approximate surface area is 142 Å². The smallest absolute Gasteiger partial charge is 0.137 e. The van der Waals surface area contributed by atoms with E-state index in [1.807, 2.05) is 12.3 Å². The van der Waals surface area contributed by atoms with E-state index in [4.69, 9.17) is 0 Å². The second-order valence-electron chi connectivity index (χ2n) is 6.64. The van der Waals surface area contributed by atoms with Gasteiger partial charge in [-0.3, -0.25) is 4.90 Å². The number of likely N-dealkylation sites (tertiary alicyclic amines) is 1. The number of nitrogens with one attached hydrogen (secondary N) is 1. The van der Waals surface area contributed by atoms with Crippen LogP contribution in [0.2, 0.25) is 0 Å². The van der Waals surface area contributed by atoms with Crippen LogP contribution in [0.15, 0.2) is 37.2 Å². The maximum Gasteiger partial charge on any atom is 0.137 e. The van der Waals surface area contributed by atoms with Gasteiger partial charge in [0.15, 0.2) is 0 Å². The molecule has 124 valence electrons. The fourth-order valence-electron chi connectivity index (χ4n) is 3.66. The third kappa shape index (κ3) is 2.87. The molecule has 0 aliphatic carbocycles. The number of aromatic amines is 1. The van der Waals surface area contributed by atoms with E-state index in [9.17, 15) is 0 Å². The summed E-state index contributed by atoms with van der Waals surface area (Å²) in [4.78, 5) is 10.5. The van der Waals surface area contributed by atoms with Gasteiger partial charge in [-0.2, -0.15) is 5.10 Å². The molecule has 0 saturated carbocycles. The summed E-state index contributed by atoms with van der Waals surface area (Å²) in [5.41, 5.74) is 4.68. The van der Waals surface area contributed by atoms with E-state index >= 15 is 0 Å². The van der Waals surface area contributed by atoms with Gasteiger partial charge in [0.05, 0.1) is 5.69 Å². The maximum atomic E-state index is 4.46. The SMILES string of the molecule is C=Cn1cc(CN2CCC[C@@H](c3cc4cccnc4[nH]3)C2)c(C)n1. The minimum Gasteiger partial charge on any atom is -0.343 e. The van der Waals surface area contributed by atoms with Gasteiger partial charge in [0.2, 0.25) is 0 Å². The third-order valence-electron chi connectivity index (χ3n) is 4.96. The predicted molar refractivity (Wildman–Crippen MR) is 96.7 cm³/mol. The van der Waals surface area contributed by atoms with Crippen LogP contribution < -0.4 is 0 Å². The zero-order valence-corrected chi connectivity index (χ0v) is 14.1. The molecule has 1 aliphatic rings. The van der Waals surface area contributed by atoms with Gasteiger partial charge in [0.25, 0.3) is 0 Å². The molecule has 1 N–H and O–H groups in total. The number of fused-ring (bicyclic) bond motifs is 1. The molecule has 4 rings (SSSR count). The van der Waals surface area contributed by atoms with Gasteiger partial charge in [-0.25, -0.2) is 9.67 Å². The Hall–Kier alpha value is -2.40. The van der Waals surface area contributed by atoms with Crippen molar-refractivity contribution in [1.82, 2.24) is 24.6 Å². The van der Waals surface area contributed by atoms with Crippen molar-refractivity contribution in [2.45, 2.75) is 32.2 Å². The number of rotatable bonds is 4. The minimum absolute atomic E-state index is 0.544. The molecule has 1 aliphatic heterocycles. The number of hydrogen-bond acceptors (Lipinski definition) is 3. The lowest BCUT2D eigenvalue weighted by Gasteiger charge is -2.32. The highest BCUT2D eigenvalue weighted by molar-refractivity contribution is 5.76. The van der Waals surface area contributed by atoms with E-state index in [2.05, 4.69) is 51.8 Å². The fourth-order valence-corrected chi connectivity index (χ4v) is 3.66. The molecular formula is C19H23N5. The third-order valence-corrected chi connectivity index (χ3v) is 4.96. The number of H-pyrrole nitrogens is 1. The molecule has 3 aromatic rings. The molecule has 3 aromatic heterocycles. The first-order valence-electron chi connectivity index (χ1n) is 8.56. The number of aryl methyl sites for hydroxylation is 1. The molecule has 5 heteroatoms. The molecule has 0 radical (unpaired) electrons. The van der Waals surface area contributed by atoms with E-state index in [1.165, 1.54) is 29.5 Å². The van der Waals surface area contributed by atoms with Crippen LogP contribution in [0.5, 0.6) is 0 Å². The van der Waals surface area contributed by atoms with Crippen LogP contribution in [0, 0.1) is 6.92 Å². The van der Waals surface area contributed by atoms with Crippen molar-refractivity contribution < 1.29 is 0 Å². The van der Waals surface area contributed by atoms with Crippen molar-refractivity contribution in [3.63, 3.8) is 0 Å². The van der Waals surface area contributed by atoms with Crippen molar-refractivity contribution in [3.05, 3.63) is 54.1 Å². The summed E-state index contributed by atoms with van der Waals surface area (Å²) in [5, 5.41) is 5.66. The number of piperidine rings is 1. The van der Waals surface area contributed by atoms with Gasteiger partial charge in [-0.05, 0) is 44.5 Å².